The molecule has 0 saturated carbocycles. The molecule has 0 radical (unpaired) electrons. The first-order chi connectivity index (χ1) is 11.2. The summed E-state index contributed by atoms with van der Waals surface area (Å²) >= 11 is 3.63. The summed E-state index contributed by atoms with van der Waals surface area (Å²) in [5.74, 6) is 0.808. The highest BCUT2D eigenvalue weighted by atomic mass is 79.9. The number of benzene rings is 2. The molecule has 0 aromatic heterocycles. The third-order valence-electron chi connectivity index (χ3n) is 5.76. The molecule has 2 aromatic carbocycles. The SMILES string of the molecule is CC(c1cccc(Br)c1)N1CC2CCC1Cc1ccccc1C2. The van der Waals surface area contributed by atoms with Gasteiger partial charge in [-0.25, -0.2) is 0 Å². The van der Waals surface area contributed by atoms with E-state index in [4.69, 9.17) is 0 Å². The van der Waals surface area contributed by atoms with E-state index in [0.717, 1.165) is 5.92 Å². The Kier molecular flexibility index (Phi) is 4.29. The van der Waals surface area contributed by atoms with Crippen molar-refractivity contribution >= 4 is 15.9 Å². The van der Waals surface area contributed by atoms with Gasteiger partial charge in [-0.1, -0.05) is 52.3 Å². The zero-order valence-corrected chi connectivity index (χ0v) is 15.3. The van der Waals surface area contributed by atoms with Crippen LogP contribution < -0.4 is 0 Å². The molecule has 3 atom stereocenters. The van der Waals surface area contributed by atoms with Crippen LogP contribution in [0.2, 0.25) is 0 Å². The van der Waals surface area contributed by atoms with Gasteiger partial charge in [0.2, 0.25) is 0 Å². The number of piperidine rings is 1. The highest BCUT2D eigenvalue weighted by Crippen LogP contribution is 2.37. The second kappa shape index (κ2) is 6.41. The number of halogens is 1. The Bertz CT molecular complexity index is 696. The topological polar surface area (TPSA) is 3.24 Å². The van der Waals surface area contributed by atoms with Crippen molar-refractivity contribution in [3.63, 3.8) is 0 Å². The second-order valence-corrected chi connectivity index (χ2v) is 8.12. The predicted octanol–water partition coefficient (Wildman–Crippen LogP) is 5.39. The molecule has 3 unspecified atom stereocenters. The van der Waals surface area contributed by atoms with E-state index in [0.29, 0.717) is 12.1 Å². The van der Waals surface area contributed by atoms with Crippen molar-refractivity contribution in [1.82, 2.24) is 4.90 Å². The summed E-state index contributed by atoms with van der Waals surface area (Å²) in [4.78, 5) is 2.77. The summed E-state index contributed by atoms with van der Waals surface area (Å²) in [5.41, 5.74) is 4.60. The Hall–Kier alpha value is -1.12. The molecule has 1 aliphatic carbocycles. The maximum absolute atomic E-state index is 3.63. The van der Waals surface area contributed by atoms with Crippen LogP contribution in [0.15, 0.2) is 53.0 Å². The highest BCUT2D eigenvalue weighted by molar-refractivity contribution is 9.10. The zero-order valence-electron chi connectivity index (χ0n) is 13.7. The number of hydrogen-bond acceptors (Lipinski definition) is 1. The lowest BCUT2D eigenvalue weighted by Crippen LogP contribution is -2.47. The van der Waals surface area contributed by atoms with Crippen LogP contribution in [0, 0.1) is 5.92 Å². The number of rotatable bonds is 2. The lowest BCUT2D eigenvalue weighted by Gasteiger charge is -2.45. The van der Waals surface area contributed by atoms with Gasteiger partial charge in [0, 0.05) is 23.1 Å². The quantitative estimate of drug-likeness (QED) is 0.685. The van der Waals surface area contributed by atoms with E-state index in [2.05, 4.69) is 76.3 Å². The Morgan fingerprint density at radius 2 is 1.78 bits per heavy atom. The molecule has 23 heavy (non-hydrogen) atoms. The van der Waals surface area contributed by atoms with Gasteiger partial charge in [0.1, 0.15) is 0 Å². The summed E-state index contributed by atoms with van der Waals surface area (Å²) in [5, 5.41) is 0. The van der Waals surface area contributed by atoms with Crippen LogP contribution in [-0.2, 0) is 12.8 Å². The lowest BCUT2D eigenvalue weighted by molar-refractivity contribution is 0.0642. The third-order valence-corrected chi connectivity index (χ3v) is 6.25. The van der Waals surface area contributed by atoms with E-state index >= 15 is 0 Å². The van der Waals surface area contributed by atoms with E-state index < -0.39 is 0 Å². The van der Waals surface area contributed by atoms with Crippen molar-refractivity contribution in [2.75, 3.05) is 6.54 Å². The van der Waals surface area contributed by atoms with E-state index in [1.165, 1.54) is 42.3 Å². The van der Waals surface area contributed by atoms with Crippen molar-refractivity contribution in [2.24, 2.45) is 5.92 Å². The molecule has 2 heterocycles. The Morgan fingerprint density at radius 1 is 1.00 bits per heavy atom. The van der Waals surface area contributed by atoms with Gasteiger partial charge < -0.3 is 0 Å². The molecule has 1 saturated heterocycles. The van der Waals surface area contributed by atoms with Crippen LogP contribution in [0.5, 0.6) is 0 Å². The van der Waals surface area contributed by atoms with Crippen molar-refractivity contribution in [2.45, 2.75) is 44.7 Å². The number of fused-ring (bicyclic) bond motifs is 2. The van der Waals surface area contributed by atoms with Crippen molar-refractivity contribution in [1.29, 1.82) is 0 Å². The predicted molar refractivity (Wildman–Crippen MR) is 99.6 cm³/mol. The molecule has 3 aliphatic rings. The lowest BCUT2D eigenvalue weighted by atomic mass is 9.79. The van der Waals surface area contributed by atoms with Crippen LogP contribution in [0.25, 0.3) is 0 Å². The minimum absolute atomic E-state index is 0.491. The van der Waals surface area contributed by atoms with Gasteiger partial charge in [0.25, 0.3) is 0 Å². The van der Waals surface area contributed by atoms with Crippen LogP contribution >= 0.6 is 15.9 Å². The largest absolute Gasteiger partial charge is 0.293 e. The van der Waals surface area contributed by atoms with Gasteiger partial charge in [0.05, 0.1) is 0 Å². The fourth-order valence-electron chi connectivity index (χ4n) is 4.47. The highest BCUT2D eigenvalue weighted by Gasteiger charge is 2.34. The molecule has 2 aliphatic heterocycles. The fraction of sp³-hybridized carbons (Fsp3) is 0.429. The molecule has 120 valence electrons. The molecule has 1 fully saturated rings. The molecule has 0 N–H and O–H groups in total. The standard InChI is InChI=1S/C21H24BrN/c1-15(17-7-4-8-20(22)12-17)23-14-16-9-10-21(23)13-19-6-3-2-5-18(19)11-16/h2-8,12,15-16,21H,9-11,13-14H2,1H3. The molecule has 2 aromatic rings. The van der Waals surface area contributed by atoms with E-state index in [1.54, 1.807) is 11.1 Å². The first kappa shape index (κ1) is 15.4. The minimum atomic E-state index is 0.491. The van der Waals surface area contributed by atoms with Crippen LogP contribution in [-0.4, -0.2) is 17.5 Å². The smallest absolute Gasteiger partial charge is 0.0323 e. The molecular weight excluding hydrogens is 346 g/mol. The Morgan fingerprint density at radius 3 is 2.57 bits per heavy atom. The van der Waals surface area contributed by atoms with Gasteiger partial charge in [-0.05, 0) is 67.3 Å². The van der Waals surface area contributed by atoms with E-state index in [1.807, 2.05) is 0 Å². The van der Waals surface area contributed by atoms with E-state index in [9.17, 15) is 0 Å². The molecule has 1 nitrogen and oxygen atoms in total. The average molecular weight is 370 g/mol. The number of nitrogens with zero attached hydrogens (tertiary/aromatic N) is 1. The van der Waals surface area contributed by atoms with Crippen molar-refractivity contribution < 1.29 is 0 Å². The molecule has 5 rings (SSSR count). The van der Waals surface area contributed by atoms with Gasteiger partial charge in [0.15, 0.2) is 0 Å². The number of hydrogen-bond donors (Lipinski definition) is 0. The van der Waals surface area contributed by atoms with Gasteiger partial charge in [-0.15, -0.1) is 0 Å². The van der Waals surface area contributed by atoms with Crippen molar-refractivity contribution in [3.05, 3.63) is 69.7 Å². The Labute approximate surface area is 147 Å². The molecule has 2 bridgehead atoms. The summed E-state index contributed by atoms with van der Waals surface area (Å²) in [6, 6.07) is 19.1. The molecular formula is C21H24BrN. The minimum Gasteiger partial charge on any atom is -0.293 e. The first-order valence-electron chi connectivity index (χ1n) is 8.78. The summed E-state index contributed by atoms with van der Waals surface area (Å²) in [7, 11) is 0. The normalized spacial score (nSPS) is 25.5. The monoisotopic (exact) mass is 369 g/mol. The second-order valence-electron chi connectivity index (χ2n) is 7.20. The maximum atomic E-state index is 3.63. The fourth-order valence-corrected chi connectivity index (χ4v) is 4.89. The van der Waals surface area contributed by atoms with Crippen molar-refractivity contribution in [3.8, 4) is 0 Å². The first-order valence-corrected chi connectivity index (χ1v) is 9.58. The summed E-state index contributed by atoms with van der Waals surface area (Å²) < 4.78 is 1.18. The van der Waals surface area contributed by atoms with Gasteiger partial charge in [-0.2, -0.15) is 0 Å². The molecule has 2 heteroatoms. The van der Waals surface area contributed by atoms with E-state index in [-0.39, 0.29) is 0 Å². The average Bonchev–Trinajstić information content (AvgIpc) is 2.54. The Balaban J connectivity index is 1.64. The van der Waals surface area contributed by atoms with Crippen LogP contribution in [0.1, 0.15) is 42.5 Å². The third kappa shape index (κ3) is 3.12. The van der Waals surface area contributed by atoms with Crippen LogP contribution in [0.3, 0.4) is 0 Å². The summed E-state index contributed by atoms with van der Waals surface area (Å²) in [6.07, 6.45) is 5.20. The van der Waals surface area contributed by atoms with Crippen LogP contribution in [0.4, 0.5) is 0 Å². The van der Waals surface area contributed by atoms with Gasteiger partial charge in [-0.3, -0.25) is 4.90 Å². The maximum Gasteiger partial charge on any atom is 0.0323 e. The molecule has 0 amide bonds. The zero-order chi connectivity index (χ0) is 15.8. The molecule has 0 spiro atoms. The summed E-state index contributed by atoms with van der Waals surface area (Å²) in [6.45, 7) is 3.62. The van der Waals surface area contributed by atoms with Gasteiger partial charge >= 0.3 is 0 Å².